The molecule has 24 heavy (non-hydrogen) atoms. The lowest BCUT2D eigenvalue weighted by atomic mass is 10.1. The smallest absolute Gasteiger partial charge is 0.481 e. The quantitative estimate of drug-likeness (QED) is 0.862. The second-order valence-electron chi connectivity index (χ2n) is 5.30. The van der Waals surface area contributed by atoms with Gasteiger partial charge in [0.25, 0.3) is 0 Å². The highest BCUT2D eigenvalue weighted by Crippen LogP contribution is 2.42. The number of halogens is 2. The standard InChI is InChI=1S/C17H16F2N2O3/c1-3-11-6-4-8-13-15(11)24-17(18,19)16(22)21(13)10-12-7-5-9-14(20-12)23-2/h4-9H,3,10H2,1-2H3. The lowest BCUT2D eigenvalue weighted by Crippen LogP contribution is -2.50. The van der Waals surface area contributed by atoms with E-state index in [4.69, 9.17) is 9.47 Å². The minimum absolute atomic E-state index is 0.0347. The number of methoxy groups -OCH3 is 1. The zero-order valence-corrected chi connectivity index (χ0v) is 13.3. The molecule has 126 valence electrons. The molecule has 1 aromatic carbocycles. The van der Waals surface area contributed by atoms with Crippen molar-refractivity contribution >= 4 is 11.6 Å². The van der Waals surface area contributed by atoms with E-state index in [9.17, 15) is 13.6 Å². The molecule has 2 aromatic rings. The highest BCUT2D eigenvalue weighted by Gasteiger charge is 2.51. The van der Waals surface area contributed by atoms with Crippen molar-refractivity contribution in [1.82, 2.24) is 4.98 Å². The molecule has 0 spiro atoms. The third-order valence-corrected chi connectivity index (χ3v) is 3.78. The third-order valence-electron chi connectivity index (χ3n) is 3.78. The largest absolute Gasteiger partial charge is 0.483 e. The summed E-state index contributed by atoms with van der Waals surface area (Å²) in [5.41, 5.74) is 1.37. The highest BCUT2D eigenvalue weighted by atomic mass is 19.3. The Hall–Kier alpha value is -2.70. The van der Waals surface area contributed by atoms with Crippen LogP contribution in [0.1, 0.15) is 18.2 Å². The normalized spacial score (nSPS) is 15.7. The summed E-state index contributed by atoms with van der Waals surface area (Å²) in [4.78, 5) is 17.3. The molecule has 0 unspecified atom stereocenters. The Bertz CT molecular complexity index is 780. The van der Waals surface area contributed by atoms with Gasteiger partial charge in [0, 0.05) is 6.07 Å². The van der Waals surface area contributed by atoms with E-state index >= 15 is 0 Å². The van der Waals surface area contributed by atoms with Crippen LogP contribution >= 0.6 is 0 Å². The number of ether oxygens (including phenoxy) is 2. The number of hydrogen-bond donors (Lipinski definition) is 0. The second kappa shape index (κ2) is 6.07. The number of amides is 1. The molecule has 1 aliphatic heterocycles. The van der Waals surface area contributed by atoms with Gasteiger partial charge in [0.2, 0.25) is 5.88 Å². The third kappa shape index (κ3) is 2.77. The zero-order chi connectivity index (χ0) is 17.3. The van der Waals surface area contributed by atoms with Crippen LogP contribution in [0.4, 0.5) is 14.5 Å². The van der Waals surface area contributed by atoms with Crippen molar-refractivity contribution in [3.05, 3.63) is 47.7 Å². The van der Waals surface area contributed by atoms with Crippen LogP contribution in [0.5, 0.6) is 11.6 Å². The fraction of sp³-hybridized carbons (Fsp3) is 0.294. The highest BCUT2D eigenvalue weighted by molar-refractivity contribution is 6.01. The SMILES string of the molecule is CCc1cccc2c1OC(F)(F)C(=O)N2Cc1cccc(OC)n1. The van der Waals surface area contributed by atoms with Crippen LogP contribution in [0.2, 0.25) is 0 Å². The van der Waals surface area contributed by atoms with Gasteiger partial charge in [-0.2, -0.15) is 8.78 Å². The molecule has 0 N–H and O–H groups in total. The van der Waals surface area contributed by atoms with Crippen molar-refractivity contribution in [2.75, 3.05) is 12.0 Å². The number of alkyl halides is 2. The van der Waals surface area contributed by atoms with E-state index in [0.717, 1.165) is 4.90 Å². The van der Waals surface area contributed by atoms with Gasteiger partial charge in [-0.1, -0.05) is 25.1 Å². The topological polar surface area (TPSA) is 51.7 Å². The van der Waals surface area contributed by atoms with Crippen molar-refractivity contribution < 1.29 is 23.0 Å². The van der Waals surface area contributed by atoms with Crippen molar-refractivity contribution in [1.29, 1.82) is 0 Å². The van der Waals surface area contributed by atoms with Gasteiger partial charge in [-0.3, -0.25) is 9.69 Å². The minimum Gasteiger partial charge on any atom is -0.481 e. The Labute approximate surface area is 137 Å². The van der Waals surface area contributed by atoms with Crippen LogP contribution in [0.3, 0.4) is 0 Å². The molecule has 0 saturated carbocycles. The van der Waals surface area contributed by atoms with Gasteiger partial charge in [0.15, 0.2) is 5.75 Å². The van der Waals surface area contributed by atoms with Gasteiger partial charge in [-0.15, -0.1) is 0 Å². The summed E-state index contributed by atoms with van der Waals surface area (Å²) in [7, 11) is 1.46. The Kier molecular flexibility index (Phi) is 4.09. The second-order valence-corrected chi connectivity index (χ2v) is 5.30. The average molecular weight is 334 g/mol. The maximum Gasteiger partial charge on any atom is 0.483 e. The molecule has 3 rings (SSSR count). The van der Waals surface area contributed by atoms with Crippen molar-refractivity contribution in [3.63, 3.8) is 0 Å². The average Bonchev–Trinajstić information content (AvgIpc) is 2.58. The van der Waals surface area contributed by atoms with E-state index in [1.807, 2.05) is 6.92 Å². The first-order valence-corrected chi connectivity index (χ1v) is 7.47. The number of carbonyl (C=O) groups excluding carboxylic acids is 1. The molecule has 0 radical (unpaired) electrons. The van der Waals surface area contributed by atoms with Crippen LogP contribution in [-0.2, 0) is 17.8 Å². The molecule has 0 aliphatic carbocycles. The summed E-state index contributed by atoms with van der Waals surface area (Å²) in [6.45, 7) is 1.73. The molecular weight excluding hydrogens is 318 g/mol. The van der Waals surface area contributed by atoms with Gasteiger partial charge in [-0.05, 0) is 24.1 Å². The van der Waals surface area contributed by atoms with Gasteiger partial charge >= 0.3 is 12.0 Å². The summed E-state index contributed by atoms with van der Waals surface area (Å²) in [5, 5.41) is 0. The van der Waals surface area contributed by atoms with E-state index < -0.39 is 12.0 Å². The maximum atomic E-state index is 14.0. The Morgan fingerprint density at radius 1 is 1.25 bits per heavy atom. The molecule has 1 amide bonds. The zero-order valence-electron chi connectivity index (χ0n) is 13.3. The molecule has 1 aliphatic rings. The number of hydrogen-bond acceptors (Lipinski definition) is 4. The summed E-state index contributed by atoms with van der Waals surface area (Å²) in [6, 6.07) is 9.97. The number of pyridine rings is 1. The maximum absolute atomic E-state index is 14.0. The monoisotopic (exact) mass is 334 g/mol. The van der Waals surface area contributed by atoms with Crippen molar-refractivity contribution in [2.24, 2.45) is 0 Å². The number of fused-ring (bicyclic) bond motifs is 1. The van der Waals surface area contributed by atoms with Crippen LogP contribution < -0.4 is 14.4 Å². The number of benzene rings is 1. The number of carbonyl (C=O) groups is 1. The Morgan fingerprint density at radius 3 is 2.71 bits per heavy atom. The molecule has 5 nitrogen and oxygen atoms in total. The number of anilines is 1. The number of nitrogens with zero attached hydrogens (tertiary/aromatic N) is 2. The van der Waals surface area contributed by atoms with Crippen LogP contribution in [0.25, 0.3) is 0 Å². The lowest BCUT2D eigenvalue weighted by Gasteiger charge is -2.34. The number of rotatable bonds is 4. The lowest BCUT2D eigenvalue weighted by molar-refractivity contribution is -0.193. The van der Waals surface area contributed by atoms with E-state index in [1.165, 1.54) is 7.11 Å². The molecular formula is C17H16F2N2O3. The van der Waals surface area contributed by atoms with Crippen LogP contribution in [0.15, 0.2) is 36.4 Å². The molecule has 1 aromatic heterocycles. The fourth-order valence-electron chi connectivity index (χ4n) is 2.60. The van der Waals surface area contributed by atoms with E-state index in [2.05, 4.69) is 4.98 Å². The summed E-state index contributed by atoms with van der Waals surface area (Å²) in [5.74, 6) is -1.03. The van der Waals surface area contributed by atoms with E-state index in [1.54, 1.807) is 36.4 Å². The Morgan fingerprint density at radius 2 is 2.00 bits per heavy atom. The molecule has 0 bridgehead atoms. The van der Waals surface area contributed by atoms with E-state index in [0.29, 0.717) is 29.2 Å². The van der Waals surface area contributed by atoms with E-state index in [-0.39, 0.29) is 12.3 Å². The first kappa shape index (κ1) is 16.2. The van der Waals surface area contributed by atoms with Gasteiger partial charge in [-0.25, -0.2) is 4.98 Å². The van der Waals surface area contributed by atoms with Gasteiger partial charge in [0.05, 0.1) is 25.0 Å². The first-order valence-electron chi connectivity index (χ1n) is 7.47. The number of para-hydroxylation sites is 1. The first-order chi connectivity index (χ1) is 11.5. The van der Waals surface area contributed by atoms with Crippen molar-refractivity contribution in [2.45, 2.75) is 26.0 Å². The predicted molar refractivity (Wildman–Crippen MR) is 83.4 cm³/mol. The summed E-state index contributed by atoms with van der Waals surface area (Å²) < 4.78 is 37.8. The minimum atomic E-state index is -3.91. The predicted octanol–water partition coefficient (Wildman–Crippen LogP) is 3.17. The Balaban J connectivity index is 2.04. The summed E-state index contributed by atoms with van der Waals surface area (Å²) >= 11 is 0. The van der Waals surface area contributed by atoms with Crippen LogP contribution in [0, 0.1) is 0 Å². The fourth-order valence-corrected chi connectivity index (χ4v) is 2.60. The number of aromatic nitrogens is 1. The van der Waals surface area contributed by atoms with Gasteiger partial charge < -0.3 is 9.47 Å². The molecule has 0 saturated heterocycles. The number of aryl methyl sites for hydroxylation is 1. The van der Waals surface area contributed by atoms with Crippen molar-refractivity contribution in [3.8, 4) is 11.6 Å². The molecule has 0 atom stereocenters. The van der Waals surface area contributed by atoms with Crippen LogP contribution in [-0.4, -0.2) is 24.1 Å². The molecule has 0 fully saturated rings. The summed E-state index contributed by atoms with van der Waals surface area (Å²) in [6.07, 6.45) is -3.39. The molecule has 7 heteroatoms. The molecule has 2 heterocycles. The van der Waals surface area contributed by atoms with Gasteiger partial charge in [0.1, 0.15) is 0 Å².